The maximum absolute atomic E-state index is 12.4. The summed E-state index contributed by atoms with van der Waals surface area (Å²) in [5.74, 6) is -0.0564. The molecule has 0 radical (unpaired) electrons. The van der Waals surface area contributed by atoms with Crippen LogP contribution in [0, 0.1) is 0 Å². The summed E-state index contributed by atoms with van der Waals surface area (Å²) in [6, 6.07) is 10.0. The second-order valence-electron chi connectivity index (χ2n) is 6.44. The Morgan fingerprint density at radius 3 is 2.81 bits per heavy atom. The number of ether oxygens (including phenoxy) is 2. The molecule has 11 heteroatoms. The first kappa shape index (κ1) is 20.5. The van der Waals surface area contributed by atoms with E-state index in [1.165, 1.54) is 11.7 Å². The van der Waals surface area contributed by atoms with Gasteiger partial charge in [-0.25, -0.2) is 4.79 Å². The zero-order chi connectivity index (χ0) is 22.0. The Morgan fingerprint density at radius 1 is 1.19 bits per heavy atom. The van der Waals surface area contributed by atoms with Crippen molar-refractivity contribution >= 4 is 28.6 Å². The molecule has 0 saturated heterocycles. The van der Waals surface area contributed by atoms with Gasteiger partial charge in [0.05, 0.1) is 26.3 Å². The Labute approximate surface area is 180 Å². The summed E-state index contributed by atoms with van der Waals surface area (Å²) >= 11 is 6.00. The predicted molar refractivity (Wildman–Crippen MR) is 110 cm³/mol. The van der Waals surface area contributed by atoms with Crippen LogP contribution in [0.5, 0.6) is 11.5 Å². The van der Waals surface area contributed by atoms with Crippen molar-refractivity contribution in [3.05, 3.63) is 69.3 Å². The molecule has 1 N–H and O–H groups in total. The molecule has 10 nitrogen and oxygen atoms in total. The van der Waals surface area contributed by atoms with Crippen LogP contribution in [0.4, 0.5) is 0 Å². The van der Waals surface area contributed by atoms with Crippen molar-refractivity contribution in [1.29, 1.82) is 0 Å². The predicted octanol–water partition coefficient (Wildman–Crippen LogP) is 2.63. The second-order valence-corrected chi connectivity index (χ2v) is 6.88. The molecule has 31 heavy (non-hydrogen) atoms. The van der Waals surface area contributed by atoms with Crippen LogP contribution in [0.3, 0.4) is 0 Å². The lowest BCUT2D eigenvalue weighted by Gasteiger charge is -2.10. The summed E-state index contributed by atoms with van der Waals surface area (Å²) < 4.78 is 22.0. The Bertz CT molecular complexity index is 1310. The third-order valence-corrected chi connectivity index (χ3v) is 4.75. The lowest BCUT2D eigenvalue weighted by atomic mass is 10.2. The standard InChI is InChI=1S/C20H17ClN4O6/c1-28-13-4-6-15(29-2)11(7-13)9-22-18(26)19-23-17(24-31-19)10-25-14-8-12(21)3-5-16(14)30-20(25)27/h3-8H,9-10H2,1-2H3,(H,22,26). The fraction of sp³-hybridized carbons (Fsp3) is 0.200. The number of methoxy groups -OCH3 is 2. The number of carbonyl (C=O) groups excluding carboxylic acids is 1. The number of nitrogens with one attached hydrogen (secondary N) is 1. The molecule has 1 amide bonds. The average molecular weight is 445 g/mol. The van der Waals surface area contributed by atoms with Crippen LogP contribution in [0.1, 0.15) is 22.1 Å². The van der Waals surface area contributed by atoms with Gasteiger partial charge >= 0.3 is 17.6 Å². The molecule has 2 aromatic carbocycles. The topological polar surface area (TPSA) is 122 Å². The largest absolute Gasteiger partial charge is 0.497 e. The molecule has 0 spiro atoms. The van der Waals surface area contributed by atoms with Crippen LogP contribution in [-0.2, 0) is 13.1 Å². The molecule has 0 unspecified atom stereocenters. The van der Waals surface area contributed by atoms with Crippen molar-refractivity contribution in [1.82, 2.24) is 20.0 Å². The zero-order valence-electron chi connectivity index (χ0n) is 16.5. The van der Waals surface area contributed by atoms with Crippen molar-refractivity contribution in [3.63, 3.8) is 0 Å². The molecule has 0 aliphatic rings. The fourth-order valence-electron chi connectivity index (χ4n) is 3.01. The maximum atomic E-state index is 12.4. The summed E-state index contributed by atoms with van der Waals surface area (Å²) in [5.41, 5.74) is 1.57. The second kappa shape index (κ2) is 8.52. The quantitative estimate of drug-likeness (QED) is 0.461. The van der Waals surface area contributed by atoms with E-state index in [9.17, 15) is 9.59 Å². The molecule has 0 bridgehead atoms. The first-order valence-electron chi connectivity index (χ1n) is 9.09. The van der Waals surface area contributed by atoms with Gasteiger partial charge in [0.2, 0.25) is 0 Å². The highest BCUT2D eigenvalue weighted by molar-refractivity contribution is 6.31. The van der Waals surface area contributed by atoms with E-state index in [0.717, 1.165) is 0 Å². The lowest BCUT2D eigenvalue weighted by molar-refractivity contribution is 0.0906. The molecule has 0 aliphatic heterocycles. The minimum absolute atomic E-state index is 0.0489. The summed E-state index contributed by atoms with van der Waals surface area (Å²) in [5, 5.41) is 6.91. The fourth-order valence-corrected chi connectivity index (χ4v) is 3.17. The van der Waals surface area contributed by atoms with Gasteiger partial charge in [-0.2, -0.15) is 4.98 Å². The normalized spacial score (nSPS) is 10.9. The van der Waals surface area contributed by atoms with Gasteiger partial charge in [0.15, 0.2) is 11.4 Å². The van der Waals surface area contributed by atoms with Gasteiger partial charge in [-0.3, -0.25) is 9.36 Å². The molecule has 4 rings (SSSR count). The number of oxazole rings is 1. The highest BCUT2D eigenvalue weighted by Crippen LogP contribution is 2.24. The summed E-state index contributed by atoms with van der Waals surface area (Å²) in [4.78, 5) is 28.6. The van der Waals surface area contributed by atoms with Crippen molar-refractivity contribution in [3.8, 4) is 11.5 Å². The number of aromatic nitrogens is 3. The number of nitrogens with zero attached hydrogens (tertiary/aromatic N) is 3. The zero-order valence-corrected chi connectivity index (χ0v) is 17.3. The monoisotopic (exact) mass is 444 g/mol. The van der Waals surface area contributed by atoms with E-state index in [1.54, 1.807) is 43.5 Å². The smallest absolute Gasteiger partial charge is 0.420 e. The van der Waals surface area contributed by atoms with E-state index in [-0.39, 0.29) is 24.8 Å². The Morgan fingerprint density at radius 2 is 2.03 bits per heavy atom. The minimum atomic E-state index is -0.599. The van der Waals surface area contributed by atoms with E-state index in [2.05, 4.69) is 15.5 Å². The molecular formula is C20H17ClN4O6. The van der Waals surface area contributed by atoms with Gasteiger partial charge in [-0.15, -0.1) is 0 Å². The van der Waals surface area contributed by atoms with Gasteiger partial charge in [0.1, 0.15) is 11.5 Å². The SMILES string of the molecule is COc1ccc(OC)c(CNC(=O)c2nc(Cn3c(=O)oc4ccc(Cl)cc43)no2)c1. The number of amides is 1. The van der Waals surface area contributed by atoms with E-state index < -0.39 is 11.7 Å². The molecule has 2 aromatic heterocycles. The molecule has 0 aliphatic carbocycles. The van der Waals surface area contributed by atoms with Gasteiger partial charge in [0.25, 0.3) is 0 Å². The van der Waals surface area contributed by atoms with Crippen LogP contribution in [0.15, 0.2) is 50.1 Å². The number of benzene rings is 2. The van der Waals surface area contributed by atoms with Crippen molar-refractivity contribution in [2.75, 3.05) is 14.2 Å². The van der Waals surface area contributed by atoms with Gasteiger partial charge in [-0.1, -0.05) is 16.8 Å². The Kier molecular flexibility index (Phi) is 5.63. The van der Waals surface area contributed by atoms with Gasteiger partial charge in [-0.05, 0) is 36.4 Å². The van der Waals surface area contributed by atoms with E-state index >= 15 is 0 Å². The van der Waals surface area contributed by atoms with Gasteiger partial charge in [0, 0.05) is 17.1 Å². The highest BCUT2D eigenvalue weighted by Gasteiger charge is 2.18. The first-order valence-corrected chi connectivity index (χ1v) is 9.47. The third kappa shape index (κ3) is 4.24. The highest BCUT2D eigenvalue weighted by atomic mass is 35.5. The molecule has 4 aromatic rings. The lowest BCUT2D eigenvalue weighted by Crippen LogP contribution is -2.23. The summed E-state index contributed by atoms with van der Waals surface area (Å²) in [6.07, 6.45) is 0. The number of halogens is 1. The molecule has 0 fully saturated rings. The van der Waals surface area contributed by atoms with Crippen LogP contribution in [0.25, 0.3) is 11.1 Å². The number of fused-ring (bicyclic) bond motifs is 1. The van der Waals surface area contributed by atoms with Crippen LogP contribution >= 0.6 is 11.6 Å². The van der Waals surface area contributed by atoms with Crippen LogP contribution in [0.2, 0.25) is 5.02 Å². The Balaban J connectivity index is 1.48. The van der Waals surface area contributed by atoms with Crippen molar-refractivity contribution in [2.24, 2.45) is 0 Å². The molecule has 2 heterocycles. The number of hydrogen-bond donors (Lipinski definition) is 1. The summed E-state index contributed by atoms with van der Waals surface area (Å²) in [7, 11) is 3.08. The number of rotatable bonds is 7. The van der Waals surface area contributed by atoms with Crippen LogP contribution in [-0.4, -0.2) is 34.8 Å². The number of carbonyl (C=O) groups is 1. The van der Waals surface area contributed by atoms with E-state index in [0.29, 0.717) is 33.2 Å². The van der Waals surface area contributed by atoms with Crippen molar-refractivity contribution < 1.29 is 23.2 Å². The molecule has 0 atom stereocenters. The average Bonchev–Trinajstić information content (AvgIpc) is 3.36. The number of hydrogen-bond acceptors (Lipinski definition) is 8. The summed E-state index contributed by atoms with van der Waals surface area (Å²) in [6.45, 7) is 0.105. The molecular weight excluding hydrogens is 428 g/mol. The third-order valence-electron chi connectivity index (χ3n) is 4.52. The van der Waals surface area contributed by atoms with Gasteiger partial charge < -0.3 is 23.7 Å². The van der Waals surface area contributed by atoms with Crippen molar-refractivity contribution in [2.45, 2.75) is 13.1 Å². The van der Waals surface area contributed by atoms with E-state index in [4.69, 9.17) is 30.0 Å². The Hall–Kier alpha value is -3.79. The maximum Gasteiger partial charge on any atom is 0.420 e. The molecule has 0 saturated carbocycles. The minimum Gasteiger partial charge on any atom is -0.497 e. The molecule has 160 valence electrons. The first-order chi connectivity index (χ1) is 15.0. The van der Waals surface area contributed by atoms with Crippen LogP contribution < -0.4 is 20.5 Å². The van der Waals surface area contributed by atoms with E-state index in [1.807, 2.05) is 0 Å².